The fourth-order valence-corrected chi connectivity index (χ4v) is 4.53. The number of amides is 1. The van der Waals surface area contributed by atoms with Gasteiger partial charge in [0.15, 0.2) is 23.3 Å². The average Bonchev–Trinajstić information content (AvgIpc) is 3.51. The first-order valence-corrected chi connectivity index (χ1v) is 11.3. The molecule has 0 radical (unpaired) electrons. The maximum absolute atomic E-state index is 12.8. The lowest BCUT2D eigenvalue weighted by Crippen LogP contribution is -2.31. The Kier molecular flexibility index (Phi) is 7.20. The molecule has 2 aromatic rings. The predicted octanol–water partition coefficient (Wildman–Crippen LogP) is 3.43. The number of nitrogens with zero attached hydrogens (tertiary/aromatic N) is 2. The molecule has 2 aromatic carbocycles. The van der Waals surface area contributed by atoms with Crippen LogP contribution in [0.1, 0.15) is 24.2 Å². The fourth-order valence-electron chi connectivity index (χ4n) is 3.82. The lowest BCUT2D eigenvalue weighted by molar-refractivity contribution is -0.115. The van der Waals surface area contributed by atoms with Crippen molar-refractivity contribution >= 4 is 33.8 Å². The van der Waals surface area contributed by atoms with Crippen molar-refractivity contribution in [2.75, 3.05) is 35.2 Å². The summed E-state index contributed by atoms with van der Waals surface area (Å²) < 4.78 is 33.3. The zero-order valence-electron chi connectivity index (χ0n) is 19.7. The zero-order valence-corrected chi connectivity index (χ0v) is 21.3. The summed E-state index contributed by atoms with van der Waals surface area (Å²) in [6, 6.07) is 5.24. The highest BCUT2D eigenvalue weighted by Crippen LogP contribution is 2.57. The van der Waals surface area contributed by atoms with Gasteiger partial charge in [-0.1, -0.05) is 12.1 Å². The van der Waals surface area contributed by atoms with Gasteiger partial charge in [0.25, 0.3) is 5.91 Å². The lowest BCUT2D eigenvalue weighted by atomic mass is 9.92. The molecule has 4 rings (SSSR count). The molecule has 1 amide bonds. The maximum Gasteiger partial charge on any atom is 0.289 e. The molecule has 0 aromatic heterocycles. The Morgan fingerprint density at radius 1 is 1.11 bits per heavy atom. The van der Waals surface area contributed by atoms with Gasteiger partial charge in [-0.25, -0.2) is 5.43 Å². The summed E-state index contributed by atoms with van der Waals surface area (Å²) in [5, 5.41) is 8.06. The minimum atomic E-state index is -0.658. The Hall–Kier alpha value is -3.67. The Morgan fingerprint density at radius 3 is 2.54 bits per heavy atom. The third-order valence-corrected chi connectivity index (χ3v) is 6.38. The van der Waals surface area contributed by atoms with E-state index in [0.29, 0.717) is 50.1 Å². The van der Waals surface area contributed by atoms with Crippen LogP contribution in [-0.2, 0) is 9.63 Å². The van der Waals surface area contributed by atoms with Gasteiger partial charge in [0.05, 0.1) is 50.6 Å². The normalized spacial score (nSPS) is 18.2. The number of hydrogen-bond donors (Lipinski definition) is 1. The van der Waals surface area contributed by atoms with Crippen LogP contribution in [0, 0.1) is 5.92 Å². The Labute approximate surface area is 210 Å². The van der Waals surface area contributed by atoms with Crippen molar-refractivity contribution < 1.29 is 38.1 Å². The van der Waals surface area contributed by atoms with Gasteiger partial charge in [0.1, 0.15) is 11.5 Å². The Balaban J connectivity index is 1.53. The number of hydrazone groups is 1. The molecule has 12 heteroatoms. The first-order valence-electron chi connectivity index (χ1n) is 10.5. The average molecular weight is 550 g/mol. The molecular weight excluding hydrogens is 526 g/mol. The minimum Gasteiger partial charge on any atom is -0.497 e. The summed E-state index contributed by atoms with van der Waals surface area (Å²) in [6.07, 6.45) is 0.811. The molecule has 2 aliphatic heterocycles. The van der Waals surface area contributed by atoms with E-state index in [0.717, 1.165) is 0 Å². The quantitative estimate of drug-likeness (QED) is 0.393. The monoisotopic (exact) mass is 549 g/mol. The number of rotatable bonds is 8. The second-order valence-corrected chi connectivity index (χ2v) is 8.25. The Morgan fingerprint density at radius 2 is 1.86 bits per heavy atom. The first kappa shape index (κ1) is 24.5. The van der Waals surface area contributed by atoms with Crippen LogP contribution in [0.2, 0.25) is 0 Å². The third kappa shape index (κ3) is 4.41. The highest BCUT2D eigenvalue weighted by molar-refractivity contribution is 9.10. The SMILES string of the molecule is COc1ccc(/C=N\NC(=O)C2=NO[C@@H](c3c(Br)c4c(c(OC)c3OC)OCO4)[C@@H]2C)c(OC)c1. The standard InChI is InChI=1S/C23H24BrN3O8/c1-11-17(23(28)26-25-9-12-6-7-13(29-2)8-14(12)30-3)27-35-18(11)15-16(24)20-22(34-10-33-20)21(32-5)19(15)31-4/h6-9,11,18H,10H2,1-5H3,(H,26,28)/b25-9-/t11-,18-/m1/s1. The van der Waals surface area contributed by atoms with Crippen LogP contribution in [0.15, 0.2) is 32.9 Å². The largest absolute Gasteiger partial charge is 0.497 e. The maximum atomic E-state index is 12.8. The van der Waals surface area contributed by atoms with Crippen LogP contribution >= 0.6 is 15.9 Å². The molecule has 2 aliphatic rings. The molecule has 0 unspecified atom stereocenters. The van der Waals surface area contributed by atoms with Crippen molar-refractivity contribution in [3.05, 3.63) is 33.8 Å². The van der Waals surface area contributed by atoms with Crippen molar-refractivity contribution in [1.29, 1.82) is 0 Å². The van der Waals surface area contributed by atoms with Crippen LogP contribution in [0.3, 0.4) is 0 Å². The first-order chi connectivity index (χ1) is 16.9. The van der Waals surface area contributed by atoms with Gasteiger partial charge in [0.2, 0.25) is 18.3 Å². The van der Waals surface area contributed by atoms with E-state index in [1.165, 1.54) is 27.5 Å². The van der Waals surface area contributed by atoms with Crippen molar-refractivity contribution in [2.24, 2.45) is 16.2 Å². The number of ether oxygens (including phenoxy) is 6. The van der Waals surface area contributed by atoms with Crippen LogP contribution in [0.4, 0.5) is 0 Å². The number of oxime groups is 1. The second-order valence-electron chi connectivity index (χ2n) is 7.46. The van der Waals surface area contributed by atoms with Gasteiger partial charge < -0.3 is 33.3 Å². The van der Waals surface area contributed by atoms with Crippen LogP contribution < -0.4 is 33.8 Å². The summed E-state index contributed by atoms with van der Waals surface area (Å²) in [5.74, 6) is 1.87. The van der Waals surface area contributed by atoms with Crippen LogP contribution in [0.25, 0.3) is 0 Å². The molecule has 1 N–H and O–H groups in total. The lowest BCUT2D eigenvalue weighted by Gasteiger charge is -2.22. The number of carbonyl (C=O) groups excluding carboxylic acids is 1. The molecular formula is C23H24BrN3O8. The number of nitrogens with one attached hydrogen (secondary N) is 1. The number of carbonyl (C=O) groups is 1. The number of methoxy groups -OCH3 is 4. The van der Waals surface area contributed by atoms with E-state index in [1.807, 2.05) is 6.92 Å². The van der Waals surface area contributed by atoms with E-state index in [2.05, 4.69) is 31.6 Å². The number of halogens is 1. The van der Waals surface area contributed by atoms with Gasteiger partial charge in [-0.3, -0.25) is 4.79 Å². The molecule has 0 saturated carbocycles. The molecule has 0 aliphatic carbocycles. The van der Waals surface area contributed by atoms with Crippen LogP contribution in [0.5, 0.6) is 34.5 Å². The third-order valence-electron chi connectivity index (χ3n) is 5.59. The summed E-state index contributed by atoms with van der Waals surface area (Å²) in [4.78, 5) is 18.5. The van der Waals surface area contributed by atoms with Crippen molar-refractivity contribution in [3.8, 4) is 34.5 Å². The molecule has 0 spiro atoms. The van der Waals surface area contributed by atoms with Gasteiger partial charge in [-0.05, 0) is 28.1 Å². The van der Waals surface area contributed by atoms with Crippen molar-refractivity contribution in [2.45, 2.75) is 13.0 Å². The fraction of sp³-hybridized carbons (Fsp3) is 0.348. The minimum absolute atomic E-state index is 0.0408. The zero-order chi connectivity index (χ0) is 25.1. The molecule has 0 bridgehead atoms. The number of fused-ring (bicyclic) bond motifs is 1. The highest BCUT2D eigenvalue weighted by atomic mass is 79.9. The topological polar surface area (TPSA) is 118 Å². The summed E-state index contributed by atoms with van der Waals surface area (Å²) in [6.45, 7) is 1.86. The predicted molar refractivity (Wildman–Crippen MR) is 129 cm³/mol. The van der Waals surface area contributed by atoms with Gasteiger partial charge in [-0.2, -0.15) is 5.10 Å². The molecule has 2 heterocycles. The summed E-state index contributed by atoms with van der Waals surface area (Å²) >= 11 is 3.56. The Bertz CT molecular complexity index is 1200. The number of hydrogen-bond acceptors (Lipinski definition) is 10. The smallest absolute Gasteiger partial charge is 0.289 e. The van der Waals surface area contributed by atoms with E-state index in [4.69, 9.17) is 33.3 Å². The van der Waals surface area contributed by atoms with Gasteiger partial charge in [0, 0.05) is 11.6 Å². The van der Waals surface area contributed by atoms with E-state index in [-0.39, 0.29) is 12.5 Å². The van der Waals surface area contributed by atoms with E-state index in [1.54, 1.807) is 25.3 Å². The summed E-state index contributed by atoms with van der Waals surface area (Å²) in [5.41, 5.74) is 3.89. The van der Waals surface area contributed by atoms with Gasteiger partial charge >= 0.3 is 0 Å². The summed E-state index contributed by atoms with van der Waals surface area (Å²) in [7, 11) is 6.11. The molecule has 2 atom stereocenters. The number of benzene rings is 2. The second kappa shape index (κ2) is 10.3. The molecule has 186 valence electrons. The molecule has 0 fully saturated rings. The van der Waals surface area contributed by atoms with E-state index in [9.17, 15) is 4.79 Å². The van der Waals surface area contributed by atoms with Crippen LogP contribution in [-0.4, -0.2) is 53.1 Å². The van der Waals surface area contributed by atoms with E-state index >= 15 is 0 Å². The molecule has 35 heavy (non-hydrogen) atoms. The van der Waals surface area contributed by atoms with Gasteiger partial charge in [-0.15, -0.1) is 0 Å². The van der Waals surface area contributed by atoms with E-state index < -0.39 is 17.9 Å². The van der Waals surface area contributed by atoms with Crippen molar-refractivity contribution in [1.82, 2.24) is 5.43 Å². The highest BCUT2D eigenvalue weighted by Gasteiger charge is 2.42. The molecule has 11 nitrogen and oxygen atoms in total. The molecule has 0 saturated heterocycles. The van der Waals surface area contributed by atoms with Crippen molar-refractivity contribution in [3.63, 3.8) is 0 Å².